The van der Waals surface area contributed by atoms with Crippen LogP contribution in [0.15, 0.2) is 28.8 Å². The molecule has 1 heterocycles. The Morgan fingerprint density at radius 2 is 2.13 bits per heavy atom. The van der Waals surface area contributed by atoms with Crippen LogP contribution in [0.2, 0.25) is 0 Å². The number of halogens is 1. The Kier molecular flexibility index (Phi) is 6.92. The quantitative estimate of drug-likeness (QED) is 0.608. The summed E-state index contributed by atoms with van der Waals surface area (Å²) < 4.78 is 5.20. The number of nitrogens with zero attached hydrogens (tertiary/aromatic N) is 4. The maximum absolute atomic E-state index is 11.1. The predicted octanol–water partition coefficient (Wildman–Crippen LogP) is 2.19. The van der Waals surface area contributed by atoms with E-state index in [0.717, 1.165) is 0 Å². The number of rotatable bonds is 7. The molecule has 126 valence electrons. The van der Waals surface area contributed by atoms with Crippen molar-refractivity contribution in [2.24, 2.45) is 0 Å². The standard InChI is InChI=1S/C14H19N5O3.ClH/c1-10(15-2)8-13-16-14(22-17-13)9-18(3)11-6-4-5-7-12(11)19(20)21;/h4-7,10,15H,8-9H2,1-3H3;1H. The first-order chi connectivity index (χ1) is 10.5. The molecule has 1 N–H and O–H groups in total. The highest BCUT2D eigenvalue weighted by Crippen LogP contribution is 2.27. The van der Waals surface area contributed by atoms with E-state index in [1.54, 1.807) is 30.1 Å². The van der Waals surface area contributed by atoms with Crippen LogP contribution in [-0.4, -0.2) is 35.2 Å². The van der Waals surface area contributed by atoms with E-state index in [0.29, 0.717) is 30.4 Å². The molecule has 8 nitrogen and oxygen atoms in total. The van der Waals surface area contributed by atoms with Gasteiger partial charge in [0.15, 0.2) is 5.82 Å². The van der Waals surface area contributed by atoms with Crippen molar-refractivity contribution >= 4 is 23.8 Å². The number of aromatic nitrogens is 2. The Labute approximate surface area is 140 Å². The Hall–Kier alpha value is -2.19. The van der Waals surface area contributed by atoms with E-state index >= 15 is 0 Å². The minimum Gasteiger partial charge on any atom is -0.360 e. The summed E-state index contributed by atoms with van der Waals surface area (Å²) in [5.41, 5.74) is 0.560. The number of para-hydroxylation sites is 2. The number of nitro groups is 1. The zero-order chi connectivity index (χ0) is 16.1. The molecule has 2 aromatic rings. The topological polar surface area (TPSA) is 97.3 Å². The van der Waals surface area contributed by atoms with Gasteiger partial charge in [0.25, 0.3) is 5.69 Å². The van der Waals surface area contributed by atoms with Gasteiger partial charge in [-0.15, -0.1) is 12.4 Å². The molecule has 0 spiro atoms. The molecule has 0 saturated heterocycles. The van der Waals surface area contributed by atoms with E-state index in [1.807, 2.05) is 14.0 Å². The molecule has 1 aromatic heterocycles. The third kappa shape index (κ3) is 4.90. The number of benzene rings is 1. The molecule has 0 saturated carbocycles. The maximum Gasteiger partial charge on any atom is 0.292 e. The summed E-state index contributed by atoms with van der Waals surface area (Å²) >= 11 is 0. The highest BCUT2D eigenvalue weighted by molar-refractivity contribution is 5.85. The molecule has 0 amide bonds. The van der Waals surface area contributed by atoms with E-state index in [4.69, 9.17) is 4.52 Å². The van der Waals surface area contributed by atoms with Crippen molar-refractivity contribution < 1.29 is 9.45 Å². The van der Waals surface area contributed by atoms with Crippen LogP contribution < -0.4 is 10.2 Å². The second kappa shape index (κ2) is 8.44. The van der Waals surface area contributed by atoms with Crippen molar-refractivity contribution in [1.82, 2.24) is 15.5 Å². The Bertz CT molecular complexity index is 649. The lowest BCUT2D eigenvalue weighted by atomic mass is 10.2. The zero-order valence-corrected chi connectivity index (χ0v) is 14.0. The van der Waals surface area contributed by atoms with Gasteiger partial charge in [-0.05, 0) is 20.0 Å². The molecular formula is C14H20ClN5O3. The average Bonchev–Trinajstić information content (AvgIpc) is 2.93. The summed E-state index contributed by atoms with van der Waals surface area (Å²) in [7, 11) is 3.62. The van der Waals surface area contributed by atoms with Crippen LogP contribution in [0.25, 0.3) is 0 Å². The number of hydrogen-bond donors (Lipinski definition) is 1. The summed E-state index contributed by atoms with van der Waals surface area (Å²) in [6.45, 7) is 2.33. The second-order valence-electron chi connectivity index (χ2n) is 5.10. The summed E-state index contributed by atoms with van der Waals surface area (Å²) in [5, 5.41) is 18.1. The third-order valence-electron chi connectivity index (χ3n) is 3.35. The SMILES string of the molecule is CNC(C)Cc1noc(CN(C)c2ccccc2[N+](=O)[O-])n1.Cl. The van der Waals surface area contributed by atoms with Crippen LogP contribution in [0, 0.1) is 10.1 Å². The number of likely N-dealkylation sites (N-methyl/N-ethyl adjacent to an activating group) is 1. The van der Waals surface area contributed by atoms with Gasteiger partial charge in [-0.25, -0.2) is 0 Å². The van der Waals surface area contributed by atoms with Gasteiger partial charge in [0, 0.05) is 25.6 Å². The van der Waals surface area contributed by atoms with Crippen LogP contribution in [0.5, 0.6) is 0 Å². The molecule has 1 aromatic carbocycles. The van der Waals surface area contributed by atoms with Crippen molar-refractivity contribution in [2.45, 2.75) is 25.9 Å². The van der Waals surface area contributed by atoms with E-state index < -0.39 is 4.92 Å². The third-order valence-corrected chi connectivity index (χ3v) is 3.35. The minimum absolute atomic E-state index is 0. The Balaban J connectivity index is 0.00000264. The van der Waals surface area contributed by atoms with Gasteiger partial charge in [0.2, 0.25) is 5.89 Å². The molecule has 2 rings (SSSR count). The number of hydrogen-bond acceptors (Lipinski definition) is 7. The van der Waals surface area contributed by atoms with E-state index in [2.05, 4.69) is 15.5 Å². The van der Waals surface area contributed by atoms with Crippen molar-refractivity contribution in [3.8, 4) is 0 Å². The van der Waals surface area contributed by atoms with Crippen LogP contribution in [0.4, 0.5) is 11.4 Å². The normalized spacial score (nSPS) is 11.6. The van der Waals surface area contributed by atoms with Gasteiger partial charge in [-0.3, -0.25) is 10.1 Å². The maximum atomic E-state index is 11.1. The number of anilines is 1. The van der Waals surface area contributed by atoms with Gasteiger partial charge in [0.05, 0.1) is 11.5 Å². The fourth-order valence-electron chi connectivity index (χ4n) is 2.04. The molecular weight excluding hydrogens is 322 g/mol. The van der Waals surface area contributed by atoms with E-state index in [-0.39, 0.29) is 24.1 Å². The lowest BCUT2D eigenvalue weighted by Gasteiger charge is -2.16. The van der Waals surface area contributed by atoms with Crippen molar-refractivity contribution in [3.05, 3.63) is 46.1 Å². The number of nitro benzene ring substituents is 1. The molecule has 23 heavy (non-hydrogen) atoms. The lowest BCUT2D eigenvalue weighted by molar-refractivity contribution is -0.384. The molecule has 0 aliphatic carbocycles. The average molecular weight is 342 g/mol. The molecule has 1 atom stereocenters. The summed E-state index contributed by atoms with van der Waals surface area (Å²) in [4.78, 5) is 16.7. The fraction of sp³-hybridized carbons (Fsp3) is 0.429. The van der Waals surface area contributed by atoms with Gasteiger partial charge < -0.3 is 14.7 Å². The predicted molar refractivity (Wildman–Crippen MR) is 89.0 cm³/mol. The van der Waals surface area contributed by atoms with E-state index in [1.165, 1.54) is 6.07 Å². The van der Waals surface area contributed by atoms with Gasteiger partial charge >= 0.3 is 0 Å². The summed E-state index contributed by atoms with van der Waals surface area (Å²) in [5.74, 6) is 1.05. The second-order valence-corrected chi connectivity index (χ2v) is 5.10. The fourth-order valence-corrected chi connectivity index (χ4v) is 2.04. The molecule has 1 unspecified atom stereocenters. The minimum atomic E-state index is -0.403. The van der Waals surface area contributed by atoms with Crippen molar-refractivity contribution in [3.63, 3.8) is 0 Å². The monoisotopic (exact) mass is 341 g/mol. The smallest absolute Gasteiger partial charge is 0.292 e. The molecule has 0 aliphatic heterocycles. The highest BCUT2D eigenvalue weighted by Gasteiger charge is 2.18. The molecule has 0 aliphatic rings. The molecule has 0 fully saturated rings. The van der Waals surface area contributed by atoms with Crippen LogP contribution >= 0.6 is 12.4 Å². The van der Waals surface area contributed by atoms with Gasteiger partial charge in [-0.1, -0.05) is 17.3 Å². The zero-order valence-electron chi connectivity index (χ0n) is 13.2. The first kappa shape index (κ1) is 18.9. The van der Waals surface area contributed by atoms with Crippen LogP contribution in [-0.2, 0) is 13.0 Å². The first-order valence-corrected chi connectivity index (χ1v) is 6.94. The highest BCUT2D eigenvalue weighted by atomic mass is 35.5. The van der Waals surface area contributed by atoms with E-state index in [9.17, 15) is 10.1 Å². The number of nitrogens with one attached hydrogen (secondary N) is 1. The lowest BCUT2D eigenvalue weighted by Crippen LogP contribution is -2.24. The first-order valence-electron chi connectivity index (χ1n) is 6.94. The Morgan fingerprint density at radius 3 is 2.78 bits per heavy atom. The largest absolute Gasteiger partial charge is 0.360 e. The van der Waals surface area contributed by atoms with Crippen LogP contribution in [0.3, 0.4) is 0 Å². The van der Waals surface area contributed by atoms with Crippen molar-refractivity contribution in [1.29, 1.82) is 0 Å². The molecule has 9 heteroatoms. The van der Waals surface area contributed by atoms with Crippen LogP contribution in [0.1, 0.15) is 18.6 Å². The Morgan fingerprint density at radius 1 is 1.43 bits per heavy atom. The summed E-state index contributed by atoms with van der Waals surface area (Å²) in [6.07, 6.45) is 0.662. The summed E-state index contributed by atoms with van der Waals surface area (Å²) in [6, 6.07) is 6.81. The molecule has 0 bridgehead atoms. The molecule has 0 radical (unpaired) electrons. The van der Waals surface area contributed by atoms with Gasteiger partial charge in [-0.2, -0.15) is 4.98 Å². The van der Waals surface area contributed by atoms with Crippen molar-refractivity contribution in [2.75, 3.05) is 19.0 Å². The van der Waals surface area contributed by atoms with Gasteiger partial charge in [0.1, 0.15) is 5.69 Å².